The van der Waals surface area contributed by atoms with E-state index in [-0.39, 0.29) is 17.5 Å². The summed E-state index contributed by atoms with van der Waals surface area (Å²) in [5.41, 5.74) is 3.21. The van der Waals surface area contributed by atoms with Gasteiger partial charge in [0.2, 0.25) is 0 Å². The Bertz CT molecular complexity index is 1230. The number of ether oxygens (including phenoxy) is 1. The summed E-state index contributed by atoms with van der Waals surface area (Å²) in [4.78, 5) is 25.9. The number of halogens is 1. The predicted octanol–water partition coefficient (Wildman–Crippen LogP) is 4.31. The van der Waals surface area contributed by atoms with Crippen LogP contribution in [0, 0.1) is 5.82 Å². The van der Waals surface area contributed by atoms with Gasteiger partial charge in [0.25, 0.3) is 5.91 Å². The van der Waals surface area contributed by atoms with E-state index in [0.717, 1.165) is 24.1 Å². The second-order valence-electron chi connectivity index (χ2n) is 7.78. The summed E-state index contributed by atoms with van der Waals surface area (Å²) in [5, 5.41) is 10.5. The van der Waals surface area contributed by atoms with E-state index in [0.29, 0.717) is 34.8 Å². The molecule has 1 atom stereocenters. The van der Waals surface area contributed by atoms with Crippen LogP contribution >= 0.6 is 0 Å². The van der Waals surface area contributed by atoms with Gasteiger partial charge in [-0.05, 0) is 54.8 Å². The van der Waals surface area contributed by atoms with Crippen molar-refractivity contribution in [3.63, 3.8) is 0 Å². The number of benzene rings is 2. The molecule has 32 heavy (non-hydrogen) atoms. The van der Waals surface area contributed by atoms with Gasteiger partial charge in [0.05, 0.1) is 13.3 Å². The Balaban J connectivity index is 1.55. The average molecular weight is 432 g/mol. The van der Waals surface area contributed by atoms with Crippen molar-refractivity contribution in [2.45, 2.75) is 25.3 Å². The zero-order chi connectivity index (χ0) is 22.2. The molecule has 1 aromatic heterocycles. The van der Waals surface area contributed by atoms with Crippen LogP contribution < -0.4 is 15.4 Å². The van der Waals surface area contributed by atoms with Crippen molar-refractivity contribution in [2.75, 3.05) is 17.7 Å². The number of rotatable bonds is 4. The highest BCUT2D eigenvalue weighted by Crippen LogP contribution is 2.41. The first-order valence-electron chi connectivity index (χ1n) is 10.4. The predicted molar refractivity (Wildman–Crippen MR) is 117 cm³/mol. The molecule has 0 radical (unpaired) electrons. The molecular formula is C24H21FN4O3. The molecule has 5 rings (SSSR count). The van der Waals surface area contributed by atoms with Gasteiger partial charge in [-0.3, -0.25) is 9.59 Å². The summed E-state index contributed by atoms with van der Waals surface area (Å²) in [6, 6.07) is 12.6. The largest absolute Gasteiger partial charge is 0.497 e. The van der Waals surface area contributed by atoms with E-state index in [1.54, 1.807) is 11.8 Å². The third-order valence-corrected chi connectivity index (χ3v) is 5.82. The molecule has 0 saturated heterocycles. The van der Waals surface area contributed by atoms with E-state index in [4.69, 9.17) is 4.74 Å². The van der Waals surface area contributed by atoms with Crippen molar-refractivity contribution in [1.82, 2.24) is 9.78 Å². The van der Waals surface area contributed by atoms with Gasteiger partial charge in [0.15, 0.2) is 5.78 Å². The summed E-state index contributed by atoms with van der Waals surface area (Å²) in [6.07, 6.45) is 3.45. The van der Waals surface area contributed by atoms with Crippen molar-refractivity contribution in [1.29, 1.82) is 0 Å². The van der Waals surface area contributed by atoms with Crippen LogP contribution in [0.25, 0.3) is 0 Å². The smallest absolute Gasteiger partial charge is 0.261 e. The molecule has 8 heteroatoms. The Morgan fingerprint density at radius 3 is 2.62 bits per heavy atom. The average Bonchev–Trinajstić information content (AvgIpc) is 3.23. The molecule has 2 N–H and O–H groups in total. The van der Waals surface area contributed by atoms with Crippen LogP contribution in [-0.4, -0.2) is 28.6 Å². The SMILES string of the molecule is COc1ccc([C@H]2C3=C(CCCC3=O)Nc3c(C(=O)Nc4ccc(F)cc4)cnn32)cc1. The Labute approximate surface area is 183 Å². The molecule has 2 heterocycles. The summed E-state index contributed by atoms with van der Waals surface area (Å²) in [7, 11) is 1.60. The lowest BCUT2D eigenvalue weighted by molar-refractivity contribution is -0.116. The third-order valence-electron chi connectivity index (χ3n) is 5.82. The molecular weight excluding hydrogens is 411 g/mol. The number of carbonyl (C=O) groups is 2. The lowest BCUT2D eigenvalue weighted by atomic mass is 9.85. The fourth-order valence-electron chi connectivity index (χ4n) is 4.25. The minimum absolute atomic E-state index is 0.0815. The quantitative estimate of drug-likeness (QED) is 0.642. The van der Waals surface area contributed by atoms with Crippen molar-refractivity contribution in [3.8, 4) is 5.75 Å². The molecule has 3 aromatic rings. The van der Waals surface area contributed by atoms with Crippen LogP contribution in [0.5, 0.6) is 5.75 Å². The molecule has 2 aromatic carbocycles. The summed E-state index contributed by atoms with van der Waals surface area (Å²) >= 11 is 0. The number of allylic oxidation sites excluding steroid dienone is 2. The van der Waals surface area contributed by atoms with Gasteiger partial charge < -0.3 is 15.4 Å². The van der Waals surface area contributed by atoms with Crippen LogP contribution in [0.1, 0.15) is 41.2 Å². The van der Waals surface area contributed by atoms with Crippen LogP contribution in [0.2, 0.25) is 0 Å². The first-order valence-corrected chi connectivity index (χ1v) is 10.4. The zero-order valence-electron chi connectivity index (χ0n) is 17.4. The van der Waals surface area contributed by atoms with Crippen molar-refractivity contribution < 1.29 is 18.7 Å². The van der Waals surface area contributed by atoms with Gasteiger partial charge >= 0.3 is 0 Å². The fraction of sp³-hybridized carbons (Fsp3) is 0.208. The highest BCUT2D eigenvalue weighted by atomic mass is 19.1. The molecule has 0 saturated carbocycles. The number of hydrogen-bond donors (Lipinski definition) is 2. The Kier molecular flexibility index (Phi) is 4.97. The zero-order valence-corrected chi connectivity index (χ0v) is 17.4. The van der Waals surface area contributed by atoms with Crippen LogP contribution in [0.4, 0.5) is 15.9 Å². The molecule has 2 aliphatic rings. The highest BCUT2D eigenvalue weighted by Gasteiger charge is 2.37. The summed E-state index contributed by atoms with van der Waals surface area (Å²) in [5.74, 6) is 0.574. The molecule has 7 nitrogen and oxygen atoms in total. The van der Waals surface area contributed by atoms with Gasteiger partial charge in [0.1, 0.15) is 29.0 Å². The molecule has 162 valence electrons. The lowest BCUT2D eigenvalue weighted by Crippen LogP contribution is -2.32. The highest BCUT2D eigenvalue weighted by molar-refractivity contribution is 6.08. The molecule has 0 unspecified atom stereocenters. The monoisotopic (exact) mass is 432 g/mol. The third kappa shape index (κ3) is 3.43. The standard InChI is InChI=1S/C24H21FN4O3/c1-32-17-11-5-14(6-12-17)22-21-19(3-2-4-20(21)30)28-23-18(13-26-29(22)23)24(31)27-16-9-7-15(25)8-10-16/h5-13,22,28H,2-4H2,1H3,(H,27,31)/t22-/m0/s1. The van der Waals surface area contributed by atoms with Crippen LogP contribution in [0.15, 0.2) is 66.0 Å². The van der Waals surface area contributed by atoms with Crippen LogP contribution in [-0.2, 0) is 4.79 Å². The molecule has 0 spiro atoms. The van der Waals surface area contributed by atoms with Crippen LogP contribution in [0.3, 0.4) is 0 Å². The Hall–Kier alpha value is -3.94. The molecule has 1 aliphatic heterocycles. The van der Waals surface area contributed by atoms with Crippen molar-refractivity contribution in [2.24, 2.45) is 0 Å². The summed E-state index contributed by atoms with van der Waals surface area (Å²) < 4.78 is 20.1. The van der Waals surface area contributed by atoms with Gasteiger partial charge in [-0.25, -0.2) is 9.07 Å². The number of ketones is 1. The van der Waals surface area contributed by atoms with E-state index in [1.807, 2.05) is 24.3 Å². The van der Waals surface area contributed by atoms with E-state index >= 15 is 0 Å². The van der Waals surface area contributed by atoms with E-state index in [1.165, 1.54) is 30.5 Å². The van der Waals surface area contributed by atoms with Gasteiger partial charge in [-0.15, -0.1) is 0 Å². The number of fused-ring (bicyclic) bond motifs is 1. The number of methoxy groups -OCH3 is 1. The molecule has 1 amide bonds. The second kappa shape index (κ2) is 7.96. The second-order valence-corrected chi connectivity index (χ2v) is 7.78. The number of nitrogens with zero attached hydrogens (tertiary/aromatic N) is 2. The normalized spacial score (nSPS) is 17.3. The molecule has 1 aliphatic carbocycles. The maximum absolute atomic E-state index is 13.2. The van der Waals surface area contributed by atoms with Gasteiger partial charge in [0, 0.05) is 23.4 Å². The van der Waals surface area contributed by atoms with Gasteiger partial charge in [-0.1, -0.05) is 12.1 Å². The van der Waals surface area contributed by atoms with E-state index in [9.17, 15) is 14.0 Å². The van der Waals surface area contributed by atoms with Crippen molar-refractivity contribution >= 4 is 23.2 Å². The van der Waals surface area contributed by atoms with Crippen molar-refractivity contribution in [3.05, 3.63) is 82.9 Å². The Morgan fingerprint density at radius 1 is 1.16 bits per heavy atom. The fourth-order valence-corrected chi connectivity index (χ4v) is 4.25. The Morgan fingerprint density at radius 2 is 1.91 bits per heavy atom. The summed E-state index contributed by atoms with van der Waals surface area (Å²) in [6.45, 7) is 0. The number of Topliss-reactive ketones (excluding diaryl/α,β-unsaturated/α-hetero) is 1. The number of hydrogen-bond acceptors (Lipinski definition) is 5. The molecule has 0 fully saturated rings. The first kappa shape index (κ1) is 20.0. The number of carbonyl (C=O) groups excluding carboxylic acids is 2. The molecule has 0 bridgehead atoms. The number of amides is 1. The minimum Gasteiger partial charge on any atom is -0.497 e. The maximum atomic E-state index is 13.2. The first-order chi connectivity index (χ1) is 15.5. The topological polar surface area (TPSA) is 85.2 Å². The number of nitrogens with one attached hydrogen (secondary N) is 2. The van der Waals surface area contributed by atoms with E-state index < -0.39 is 6.04 Å². The minimum atomic E-state index is -0.438. The lowest BCUT2D eigenvalue weighted by Gasteiger charge is -2.33. The maximum Gasteiger partial charge on any atom is 0.261 e. The van der Waals surface area contributed by atoms with E-state index in [2.05, 4.69) is 15.7 Å². The number of aromatic nitrogens is 2. The number of anilines is 2. The van der Waals surface area contributed by atoms with Gasteiger partial charge in [-0.2, -0.15) is 5.10 Å².